The minimum atomic E-state index is 0.0629. The first-order valence-corrected chi connectivity index (χ1v) is 9.30. The van der Waals surface area contributed by atoms with Gasteiger partial charge >= 0.3 is 0 Å². The first kappa shape index (κ1) is 16.3. The lowest BCUT2D eigenvalue weighted by Crippen LogP contribution is -2.44. The summed E-state index contributed by atoms with van der Waals surface area (Å²) in [6.07, 6.45) is 5.85. The van der Waals surface area contributed by atoms with Crippen LogP contribution < -0.4 is 5.32 Å². The fourth-order valence-electron chi connectivity index (χ4n) is 3.22. The first-order valence-electron chi connectivity index (χ1n) is 8.10. The van der Waals surface area contributed by atoms with Crippen molar-refractivity contribution in [1.29, 1.82) is 0 Å². The number of nitrogens with zero attached hydrogens (tertiary/aromatic N) is 3. The maximum absolute atomic E-state index is 5.74. The molecule has 0 aliphatic carbocycles. The molecule has 0 unspecified atom stereocenters. The lowest BCUT2D eigenvalue weighted by molar-refractivity contribution is 0.293. The van der Waals surface area contributed by atoms with E-state index >= 15 is 0 Å². The highest BCUT2D eigenvalue weighted by Crippen LogP contribution is 2.32. The van der Waals surface area contributed by atoms with E-state index in [1.807, 2.05) is 36.5 Å². The molecule has 0 fully saturated rings. The SMILES string of the molecule is S=C(Nc1ccc(Br)cc1)N1CCn2cccc2[C@@H]1c1cccnc1. The van der Waals surface area contributed by atoms with Crippen molar-refractivity contribution in [3.63, 3.8) is 0 Å². The summed E-state index contributed by atoms with van der Waals surface area (Å²) in [5.74, 6) is 0. The van der Waals surface area contributed by atoms with Crippen LogP contribution in [0.4, 0.5) is 5.69 Å². The van der Waals surface area contributed by atoms with Crippen molar-refractivity contribution in [2.45, 2.75) is 12.6 Å². The average molecular weight is 413 g/mol. The summed E-state index contributed by atoms with van der Waals surface area (Å²) >= 11 is 9.20. The largest absolute Gasteiger partial charge is 0.348 e. The Kier molecular flexibility index (Phi) is 4.55. The maximum Gasteiger partial charge on any atom is 0.174 e. The smallest absolute Gasteiger partial charge is 0.174 e. The van der Waals surface area contributed by atoms with Crippen molar-refractivity contribution < 1.29 is 0 Å². The van der Waals surface area contributed by atoms with Crippen LogP contribution in [0.15, 0.2) is 71.6 Å². The summed E-state index contributed by atoms with van der Waals surface area (Å²) in [7, 11) is 0. The zero-order valence-corrected chi connectivity index (χ0v) is 15.9. The van der Waals surface area contributed by atoms with Gasteiger partial charge in [0.15, 0.2) is 5.11 Å². The average Bonchev–Trinajstić information content (AvgIpc) is 3.12. The van der Waals surface area contributed by atoms with Gasteiger partial charge in [-0.3, -0.25) is 4.98 Å². The van der Waals surface area contributed by atoms with Crippen LogP contribution in [-0.2, 0) is 6.54 Å². The molecule has 1 aromatic carbocycles. The zero-order valence-electron chi connectivity index (χ0n) is 13.5. The van der Waals surface area contributed by atoms with Gasteiger partial charge in [0, 0.05) is 47.5 Å². The molecule has 2 aromatic heterocycles. The Morgan fingerprint density at radius 3 is 2.72 bits per heavy atom. The van der Waals surface area contributed by atoms with Crippen molar-refractivity contribution in [2.24, 2.45) is 0 Å². The maximum atomic E-state index is 5.74. The van der Waals surface area contributed by atoms with Gasteiger partial charge in [0.05, 0.1) is 6.04 Å². The second-order valence-electron chi connectivity index (χ2n) is 5.95. The third kappa shape index (κ3) is 3.32. The molecule has 1 aliphatic heterocycles. The fraction of sp³-hybridized carbons (Fsp3) is 0.158. The van der Waals surface area contributed by atoms with Gasteiger partial charge in [-0.15, -0.1) is 0 Å². The standard InChI is InChI=1S/C19H17BrN4S/c20-15-5-7-16(8-6-15)22-19(25)24-12-11-23-10-2-4-17(23)18(24)14-3-1-9-21-13-14/h1-10,13,18H,11-12H2,(H,22,25)/t18-/m0/s1. The van der Waals surface area contributed by atoms with Gasteiger partial charge in [-0.2, -0.15) is 0 Å². The van der Waals surface area contributed by atoms with Crippen LogP contribution in [0.5, 0.6) is 0 Å². The summed E-state index contributed by atoms with van der Waals surface area (Å²) in [6.45, 7) is 1.77. The third-order valence-corrected chi connectivity index (χ3v) is 5.26. The van der Waals surface area contributed by atoms with E-state index in [1.165, 1.54) is 5.69 Å². The summed E-state index contributed by atoms with van der Waals surface area (Å²) in [5.41, 5.74) is 3.36. The number of halogens is 1. The van der Waals surface area contributed by atoms with Gasteiger partial charge in [0.1, 0.15) is 0 Å². The Bertz CT molecular complexity index is 876. The molecule has 1 aliphatic rings. The molecule has 0 saturated carbocycles. The molecule has 3 heterocycles. The van der Waals surface area contributed by atoms with Crippen molar-refractivity contribution in [3.05, 3.63) is 82.9 Å². The van der Waals surface area contributed by atoms with Crippen molar-refractivity contribution >= 4 is 38.9 Å². The molecule has 6 heteroatoms. The third-order valence-electron chi connectivity index (χ3n) is 4.39. The van der Waals surface area contributed by atoms with Crippen LogP contribution in [0, 0.1) is 0 Å². The van der Waals surface area contributed by atoms with E-state index in [2.05, 4.69) is 60.1 Å². The molecule has 3 aromatic rings. The molecule has 0 radical (unpaired) electrons. The minimum Gasteiger partial charge on any atom is -0.348 e. The normalized spacial score (nSPS) is 16.4. The van der Waals surface area contributed by atoms with Crippen molar-refractivity contribution in [2.75, 3.05) is 11.9 Å². The van der Waals surface area contributed by atoms with Crippen LogP contribution >= 0.6 is 28.1 Å². The second-order valence-corrected chi connectivity index (χ2v) is 7.25. The Hall–Kier alpha value is -2.18. The molecule has 126 valence electrons. The molecule has 0 saturated heterocycles. The van der Waals surface area contributed by atoms with Crippen LogP contribution in [0.1, 0.15) is 17.3 Å². The number of pyridine rings is 1. The molecular weight excluding hydrogens is 396 g/mol. The number of hydrogen-bond donors (Lipinski definition) is 1. The topological polar surface area (TPSA) is 33.1 Å². The fourth-order valence-corrected chi connectivity index (χ4v) is 3.80. The molecule has 0 amide bonds. The lowest BCUT2D eigenvalue weighted by Gasteiger charge is -2.38. The first-order chi connectivity index (χ1) is 12.2. The number of hydrogen-bond acceptors (Lipinski definition) is 2. The molecule has 4 rings (SSSR count). The minimum absolute atomic E-state index is 0.0629. The molecular formula is C19H17BrN4S. The van der Waals surface area contributed by atoms with E-state index in [0.29, 0.717) is 0 Å². The molecule has 1 N–H and O–H groups in total. The molecule has 4 nitrogen and oxygen atoms in total. The summed E-state index contributed by atoms with van der Waals surface area (Å²) in [6, 6.07) is 16.4. The van der Waals surface area contributed by atoms with Crippen LogP contribution in [-0.4, -0.2) is 26.1 Å². The summed E-state index contributed by atoms with van der Waals surface area (Å²) < 4.78 is 3.34. The van der Waals surface area contributed by atoms with Crippen molar-refractivity contribution in [3.8, 4) is 0 Å². The number of rotatable bonds is 2. The molecule has 0 spiro atoms. The highest BCUT2D eigenvalue weighted by molar-refractivity contribution is 9.10. The van der Waals surface area contributed by atoms with Gasteiger partial charge in [0.25, 0.3) is 0 Å². The monoisotopic (exact) mass is 412 g/mol. The van der Waals surface area contributed by atoms with Gasteiger partial charge in [-0.25, -0.2) is 0 Å². The van der Waals surface area contributed by atoms with Gasteiger partial charge in [0.2, 0.25) is 0 Å². The molecule has 0 bridgehead atoms. The van der Waals surface area contributed by atoms with Gasteiger partial charge in [-0.1, -0.05) is 22.0 Å². The summed E-state index contributed by atoms with van der Waals surface area (Å²) in [5, 5.41) is 4.09. The molecule has 25 heavy (non-hydrogen) atoms. The Morgan fingerprint density at radius 2 is 1.96 bits per heavy atom. The number of nitrogens with one attached hydrogen (secondary N) is 1. The number of aromatic nitrogens is 2. The Labute approximate surface area is 160 Å². The zero-order chi connectivity index (χ0) is 17.2. The Balaban J connectivity index is 1.65. The quantitative estimate of drug-likeness (QED) is 0.630. The Morgan fingerprint density at radius 1 is 1.12 bits per heavy atom. The van der Waals surface area contributed by atoms with Crippen LogP contribution in [0.3, 0.4) is 0 Å². The predicted molar refractivity (Wildman–Crippen MR) is 108 cm³/mol. The number of fused-ring (bicyclic) bond motifs is 1. The van der Waals surface area contributed by atoms with Gasteiger partial charge < -0.3 is 14.8 Å². The molecule has 1 atom stereocenters. The number of benzene rings is 1. The number of thiocarbonyl (C=S) groups is 1. The highest BCUT2D eigenvalue weighted by Gasteiger charge is 2.30. The lowest BCUT2D eigenvalue weighted by atomic mass is 10.0. The number of anilines is 1. The van der Waals surface area contributed by atoms with E-state index in [1.54, 1.807) is 6.20 Å². The van der Waals surface area contributed by atoms with E-state index in [-0.39, 0.29) is 6.04 Å². The van der Waals surface area contributed by atoms with E-state index in [9.17, 15) is 0 Å². The van der Waals surface area contributed by atoms with Crippen LogP contribution in [0.25, 0.3) is 0 Å². The van der Waals surface area contributed by atoms with Gasteiger partial charge in [-0.05, 0) is 60.2 Å². The highest BCUT2D eigenvalue weighted by atomic mass is 79.9. The van der Waals surface area contributed by atoms with E-state index in [0.717, 1.165) is 33.9 Å². The van der Waals surface area contributed by atoms with E-state index in [4.69, 9.17) is 12.2 Å². The second kappa shape index (κ2) is 6.98. The van der Waals surface area contributed by atoms with Crippen molar-refractivity contribution in [1.82, 2.24) is 14.5 Å². The van der Waals surface area contributed by atoms with Crippen LogP contribution in [0.2, 0.25) is 0 Å². The van der Waals surface area contributed by atoms with E-state index < -0.39 is 0 Å². The predicted octanol–water partition coefficient (Wildman–Crippen LogP) is 4.45. The summed E-state index contributed by atoms with van der Waals surface area (Å²) in [4.78, 5) is 6.54.